The first-order chi connectivity index (χ1) is 12.8. The Bertz CT molecular complexity index is 1150. The van der Waals surface area contributed by atoms with Gasteiger partial charge in [-0.1, -0.05) is 12.1 Å². The van der Waals surface area contributed by atoms with Crippen LogP contribution in [0.15, 0.2) is 47.4 Å². The van der Waals surface area contributed by atoms with Crippen molar-refractivity contribution in [2.75, 3.05) is 14.8 Å². The van der Waals surface area contributed by atoms with Crippen molar-refractivity contribution < 1.29 is 21.6 Å². The normalized spacial score (nSPS) is 18.3. The van der Waals surface area contributed by atoms with E-state index in [1.54, 1.807) is 26.8 Å². The fraction of sp³-hybridized carbons (Fsp3) is 0.316. The quantitative estimate of drug-likeness (QED) is 0.817. The molecule has 2 aromatic rings. The highest BCUT2D eigenvalue weighted by molar-refractivity contribution is 7.94. The number of hydrogen-bond acceptors (Lipinski definition) is 5. The summed E-state index contributed by atoms with van der Waals surface area (Å²) in [4.78, 5) is 12.4. The van der Waals surface area contributed by atoms with Gasteiger partial charge in [0.1, 0.15) is 0 Å². The highest BCUT2D eigenvalue weighted by atomic mass is 32.2. The summed E-state index contributed by atoms with van der Waals surface area (Å²) < 4.78 is 53.4. The van der Waals surface area contributed by atoms with Crippen molar-refractivity contribution in [3.8, 4) is 0 Å². The van der Waals surface area contributed by atoms with Crippen LogP contribution in [0.3, 0.4) is 0 Å². The molecular formula is C19H22N2O5S2. The molecular weight excluding hydrogens is 400 g/mol. The number of aryl methyl sites for hydroxylation is 2. The van der Waals surface area contributed by atoms with Crippen molar-refractivity contribution in [2.45, 2.75) is 32.6 Å². The molecule has 0 saturated carbocycles. The van der Waals surface area contributed by atoms with Crippen LogP contribution >= 0.6 is 0 Å². The number of rotatable bonds is 4. The van der Waals surface area contributed by atoms with Crippen LogP contribution in [0, 0.1) is 19.3 Å². The molecule has 1 aliphatic heterocycles. The predicted octanol–water partition coefficient (Wildman–Crippen LogP) is 2.81. The van der Waals surface area contributed by atoms with Crippen LogP contribution in [0.25, 0.3) is 0 Å². The van der Waals surface area contributed by atoms with Gasteiger partial charge >= 0.3 is 0 Å². The van der Waals surface area contributed by atoms with Gasteiger partial charge in [-0.15, -0.1) is 0 Å². The summed E-state index contributed by atoms with van der Waals surface area (Å²) in [6, 6.07) is 10.7. The lowest BCUT2D eigenvalue weighted by atomic mass is 9.95. The molecule has 2 aromatic carbocycles. The number of nitrogens with one attached hydrogen (secondary N) is 1. The minimum atomic E-state index is -3.86. The minimum Gasteiger partial charge on any atom is -0.279 e. The molecule has 3 rings (SSSR count). The van der Waals surface area contributed by atoms with Gasteiger partial charge in [-0.05, 0) is 69.2 Å². The van der Waals surface area contributed by atoms with E-state index in [9.17, 15) is 21.6 Å². The number of sulfonamides is 2. The maximum absolute atomic E-state index is 12.7. The largest absolute Gasteiger partial charge is 0.279 e. The van der Waals surface area contributed by atoms with Gasteiger partial charge < -0.3 is 0 Å². The Balaban J connectivity index is 1.92. The Morgan fingerprint density at radius 2 is 1.64 bits per heavy atom. The number of carbonyl (C=O) groups excluding carboxylic acids is 1. The van der Waals surface area contributed by atoms with Gasteiger partial charge in [0.15, 0.2) is 0 Å². The van der Waals surface area contributed by atoms with E-state index in [0.717, 1.165) is 15.4 Å². The number of hydrogen-bond donors (Lipinski definition) is 1. The first kappa shape index (κ1) is 20.3. The smallest absolute Gasteiger partial charge is 0.261 e. The third kappa shape index (κ3) is 3.64. The van der Waals surface area contributed by atoms with Gasteiger partial charge in [0.05, 0.1) is 27.4 Å². The van der Waals surface area contributed by atoms with Crippen LogP contribution in [0.4, 0.5) is 11.4 Å². The maximum Gasteiger partial charge on any atom is 0.261 e. The average molecular weight is 423 g/mol. The second-order valence-electron chi connectivity index (χ2n) is 7.63. The zero-order valence-corrected chi connectivity index (χ0v) is 17.7. The van der Waals surface area contributed by atoms with E-state index < -0.39 is 31.4 Å². The lowest BCUT2D eigenvalue weighted by Crippen LogP contribution is -2.32. The maximum atomic E-state index is 12.7. The van der Waals surface area contributed by atoms with E-state index in [1.807, 2.05) is 19.1 Å². The van der Waals surface area contributed by atoms with Crippen molar-refractivity contribution in [3.05, 3.63) is 53.6 Å². The minimum absolute atomic E-state index is 0.0274. The highest BCUT2D eigenvalue weighted by Gasteiger charge is 2.49. The van der Waals surface area contributed by atoms with E-state index in [2.05, 4.69) is 4.72 Å². The molecule has 1 heterocycles. The molecule has 1 fully saturated rings. The van der Waals surface area contributed by atoms with Gasteiger partial charge in [0.25, 0.3) is 10.0 Å². The zero-order valence-electron chi connectivity index (χ0n) is 16.1. The number of amides is 1. The first-order valence-electron chi connectivity index (χ1n) is 8.61. The van der Waals surface area contributed by atoms with Gasteiger partial charge in [0.2, 0.25) is 15.9 Å². The van der Waals surface area contributed by atoms with Gasteiger partial charge in [0, 0.05) is 0 Å². The Labute approximate surface area is 165 Å². The molecule has 0 aromatic heterocycles. The Morgan fingerprint density at radius 1 is 1.04 bits per heavy atom. The Hall–Kier alpha value is -2.39. The van der Waals surface area contributed by atoms with Gasteiger partial charge in [-0.25, -0.2) is 21.1 Å². The number of benzene rings is 2. The summed E-state index contributed by atoms with van der Waals surface area (Å²) in [5.74, 6) is -0.816. The Morgan fingerprint density at radius 3 is 2.18 bits per heavy atom. The van der Waals surface area contributed by atoms with Crippen molar-refractivity contribution >= 4 is 37.3 Å². The van der Waals surface area contributed by atoms with Gasteiger partial charge in [-0.2, -0.15) is 0 Å². The lowest BCUT2D eigenvalue weighted by Gasteiger charge is -2.18. The second kappa shape index (κ2) is 6.59. The third-order valence-electron chi connectivity index (χ3n) is 4.60. The summed E-state index contributed by atoms with van der Waals surface area (Å²) in [5, 5.41) is 0. The molecule has 7 nitrogen and oxygen atoms in total. The average Bonchev–Trinajstić information content (AvgIpc) is 2.74. The number of carbonyl (C=O) groups is 1. The monoisotopic (exact) mass is 422 g/mol. The molecule has 150 valence electrons. The van der Waals surface area contributed by atoms with Crippen molar-refractivity contribution in [2.24, 2.45) is 5.41 Å². The van der Waals surface area contributed by atoms with E-state index in [1.165, 1.54) is 24.3 Å². The topological polar surface area (TPSA) is 101 Å². The molecule has 1 N–H and O–H groups in total. The summed E-state index contributed by atoms with van der Waals surface area (Å²) in [5.41, 5.74) is 1.28. The summed E-state index contributed by atoms with van der Waals surface area (Å²) in [6.45, 7) is 6.80. The molecule has 1 saturated heterocycles. The van der Waals surface area contributed by atoms with Crippen molar-refractivity contribution in [1.82, 2.24) is 0 Å². The molecule has 28 heavy (non-hydrogen) atoms. The van der Waals surface area contributed by atoms with Crippen LogP contribution < -0.4 is 9.03 Å². The second-order valence-corrected chi connectivity index (χ2v) is 11.1. The van der Waals surface area contributed by atoms with Crippen LogP contribution in [0.2, 0.25) is 0 Å². The van der Waals surface area contributed by atoms with E-state index >= 15 is 0 Å². The summed E-state index contributed by atoms with van der Waals surface area (Å²) >= 11 is 0. The first-order valence-corrected chi connectivity index (χ1v) is 11.7. The zero-order chi connectivity index (χ0) is 20.9. The molecule has 0 atom stereocenters. The molecule has 0 bridgehead atoms. The molecule has 0 spiro atoms. The SMILES string of the molecule is Cc1ccc(C)c(NS(=O)(=O)c2ccc(N3C(=O)C(C)(C)CS3(=O)=O)cc2)c1. The standard InChI is InChI=1S/C19H22N2O5S2/c1-13-5-6-14(2)17(11-13)20-28(25,26)16-9-7-15(8-10-16)21-18(22)19(3,4)12-27(21,23)24/h5-11,20H,12H2,1-4H3. The molecule has 1 aliphatic rings. The lowest BCUT2D eigenvalue weighted by molar-refractivity contribution is -0.123. The van der Waals surface area contributed by atoms with Crippen molar-refractivity contribution in [3.63, 3.8) is 0 Å². The van der Waals surface area contributed by atoms with E-state index in [4.69, 9.17) is 0 Å². The number of anilines is 2. The predicted molar refractivity (Wildman–Crippen MR) is 108 cm³/mol. The molecule has 9 heteroatoms. The molecule has 0 unspecified atom stereocenters. The van der Waals surface area contributed by atoms with Crippen LogP contribution in [0.5, 0.6) is 0 Å². The Kier molecular flexibility index (Phi) is 4.79. The van der Waals surface area contributed by atoms with Crippen molar-refractivity contribution in [1.29, 1.82) is 0 Å². The third-order valence-corrected chi connectivity index (χ3v) is 8.00. The van der Waals surface area contributed by atoms with E-state index in [-0.39, 0.29) is 16.3 Å². The fourth-order valence-electron chi connectivity index (χ4n) is 3.07. The summed E-state index contributed by atoms with van der Waals surface area (Å²) in [7, 11) is -7.65. The van der Waals surface area contributed by atoms with Crippen LogP contribution in [-0.4, -0.2) is 28.5 Å². The highest BCUT2D eigenvalue weighted by Crippen LogP contribution is 2.36. The van der Waals surface area contributed by atoms with Gasteiger partial charge in [-0.3, -0.25) is 9.52 Å². The molecule has 0 aliphatic carbocycles. The fourth-order valence-corrected chi connectivity index (χ4v) is 6.30. The summed E-state index contributed by atoms with van der Waals surface area (Å²) in [6.07, 6.45) is 0. The van der Waals surface area contributed by atoms with E-state index in [0.29, 0.717) is 5.69 Å². The number of nitrogens with zero attached hydrogens (tertiary/aromatic N) is 1. The molecule has 1 amide bonds. The van der Waals surface area contributed by atoms with Crippen LogP contribution in [0.1, 0.15) is 25.0 Å². The molecule has 0 radical (unpaired) electrons. The van der Waals surface area contributed by atoms with Crippen LogP contribution in [-0.2, 0) is 24.8 Å².